The van der Waals surface area contributed by atoms with Crippen LogP contribution in [0.25, 0.3) is 11.3 Å². The Hall–Kier alpha value is -2.77. The van der Waals surface area contributed by atoms with Crippen molar-refractivity contribution in [2.24, 2.45) is 0 Å². The van der Waals surface area contributed by atoms with Crippen LogP contribution in [0.2, 0.25) is 0 Å². The highest BCUT2D eigenvalue weighted by Crippen LogP contribution is 2.27. The van der Waals surface area contributed by atoms with Gasteiger partial charge in [-0.3, -0.25) is 10.1 Å². The number of carbonyl (C=O) groups is 1. The maximum Gasteiger partial charge on any atom is 0.361 e. The third-order valence-corrected chi connectivity index (χ3v) is 2.70. The molecule has 20 heavy (non-hydrogen) atoms. The minimum atomic E-state index is -0.625. The highest BCUT2D eigenvalue weighted by Gasteiger charge is 2.21. The predicted molar refractivity (Wildman–Crippen MR) is 69.2 cm³/mol. The smallest absolute Gasteiger partial charge is 0.361 e. The van der Waals surface area contributed by atoms with Gasteiger partial charge in [-0.05, 0) is 13.8 Å². The van der Waals surface area contributed by atoms with Crippen molar-refractivity contribution in [3.63, 3.8) is 0 Å². The zero-order chi connectivity index (χ0) is 14.7. The number of esters is 1. The lowest BCUT2D eigenvalue weighted by Gasteiger charge is -2.02. The van der Waals surface area contributed by atoms with Gasteiger partial charge in [0.25, 0.3) is 5.69 Å². The van der Waals surface area contributed by atoms with E-state index in [1.807, 2.05) is 0 Å². The number of benzene rings is 1. The Morgan fingerprint density at radius 2 is 2.20 bits per heavy atom. The van der Waals surface area contributed by atoms with Crippen LogP contribution in [0, 0.1) is 17.0 Å². The van der Waals surface area contributed by atoms with E-state index >= 15 is 0 Å². The van der Waals surface area contributed by atoms with Gasteiger partial charge in [-0.2, -0.15) is 10.3 Å². The molecular formula is C12H12N4O4. The van der Waals surface area contributed by atoms with E-state index in [1.54, 1.807) is 26.0 Å². The molecule has 2 rings (SSSR count). The predicted octanol–water partition coefficient (Wildman–Crippen LogP) is 1.87. The Balaban J connectivity index is 2.48. The van der Waals surface area contributed by atoms with Crippen LogP contribution in [-0.4, -0.2) is 32.9 Å². The molecule has 0 aliphatic carbocycles. The molecule has 0 bridgehead atoms. The molecule has 0 aliphatic rings. The summed E-state index contributed by atoms with van der Waals surface area (Å²) in [5.74, 6) is -0.625. The number of hydrogen-bond acceptors (Lipinski definition) is 6. The van der Waals surface area contributed by atoms with Crippen molar-refractivity contribution in [3.8, 4) is 11.3 Å². The number of nitrogens with one attached hydrogen (secondary N) is 1. The van der Waals surface area contributed by atoms with E-state index in [0.717, 1.165) is 0 Å². The van der Waals surface area contributed by atoms with E-state index in [0.29, 0.717) is 11.1 Å². The van der Waals surface area contributed by atoms with Crippen LogP contribution in [0.4, 0.5) is 5.69 Å². The van der Waals surface area contributed by atoms with Crippen LogP contribution in [0.15, 0.2) is 18.2 Å². The van der Waals surface area contributed by atoms with Crippen LogP contribution in [-0.2, 0) is 4.74 Å². The quantitative estimate of drug-likeness (QED) is 0.518. The zero-order valence-electron chi connectivity index (χ0n) is 10.9. The van der Waals surface area contributed by atoms with Gasteiger partial charge in [-0.25, -0.2) is 4.79 Å². The summed E-state index contributed by atoms with van der Waals surface area (Å²) in [6.45, 7) is 3.52. The van der Waals surface area contributed by atoms with Crippen molar-refractivity contribution in [2.75, 3.05) is 6.61 Å². The number of carbonyl (C=O) groups excluding carboxylic acids is 1. The second-order valence-corrected chi connectivity index (χ2v) is 4.00. The Bertz CT molecular complexity index is 665. The SMILES string of the molecule is CCOC(=O)c1n[nH]nc1-c1ccc(C)c([N+](=O)[O-])c1. The summed E-state index contributed by atoms with van der Waals surface area (Å²) < 4.78 is 4.85. The molecule has 0 fully saturated rings. The molecule has 0 unspecified atom stereocenters. The fourth-order valence-electron chi connectivity index (χ4n) is 1.73. The minimum Gasteiger partial charge on any atom is -0.461 e. The van der Waals surface area contributed by atoms with Crippen LogP contribution in [0.5, 0.6) is 0 Å². The third-order valence-electron chi connectivity index (χ3n) is 2.70. The van der Waals surface area contributed by atoms with E-state index in [4.69, 9.17) is 4.74 Å². The van der Waals surface area contributed by atoms with E-state index in [9.17, 15) is 14.9 Å². The Labute approximate surface area is 113 Å². The molecule has 2 aromatic rings. The lowest BCUT2D eigenvalue weighted by Crippen LogP contribution is -2.06. The van der Waals surface area contributed by atoms with Crippen LogP contribution < -0.4 is 0 Å². The molecule has 1 heterocycles. The monoisotopic (exact) mass is 276 g/mol. The molecule has 0 saturated heterocycles. The normalized spacial score (nSPS) is 10.3. The second kappa shape index (κ2) is 5.47. The molecule has 0 radical (unpaired) electrons. The molecule has 104 valence electrons. The van der Waals surface area contributed by atoms with E-state index in [1.165, 1.54) is 6.07 Å². The topological polar surface area (TPSA) is 111 Å². The lowest BCUT2D eigenvalue weighted by atomic mass is 10.1. The largest absolute Gasteiger partial charge is 0.461 e. The molecule has 1 N–H and O–H groups in total. The molecule has 8 heteroatoms. The molecule has 8 nitrogen and oxygen atoms in total. The second-order valence-electron chi connectivity index (χ2n) is 4.00. The molecule has 0 amide bonds. The first-order chi connectivity index (χ1) is 9.54. The number of hydrogen-bond donors (Lipinski definition) is 1. The summed E-state index contributed by atoms with van der Waals surface area (Å²) in [5, 5.41) is 20.9. The molecule has 1 aromatic heterocycles. The summed E-state index contributed by atoms with van der Waals surface area (Å²) in [5.41, 5.74) is 1.15. The number of aryl methyl sites for hydroxylation is 1. The molecule has 1 aromatic carbocycles. The summed E-state index contributed by atoms with van der Waals surface area (Å²) in [6, 6.07) is 4.59. The minimum absolute atomic E-state index is 0.00463. The number of aromatic amines is 1. The van der Waals surface area contributed by atoms with Gasteiger partial charge in [-0.1, -0.05) is 12.1 Å². The number of nitro benzene ring substituents is 1. The first-order valence-corrected chi connectivity index (χ1v) is 5.88. The van der Waals surface area contributed by atoms with Gasteiger partial charge >= 0.3 is 5.97 Å². The maximum absolute atomic E-state index is 11.7. The summed E-state index contributed by atoms with van der Waals surface area (Å²) in [4.78, 5) is 22.2. The van der Waals surface area contributed by atoms with Gasteiger partial charge in [0.2, 0.25) is 0 Å². The Kier molecular flexibility index (Phi) is 3.74. The summed E-state index contributed by atoms with van der Waals surface area (Å²) in [6.07, 6.45) is 0. The van der Waals surface area contributed by atoms with Crippen molar-refractivity contribution >= 4 is 11.7 Å². The van der Waals surface area contributed by atoms with Gasteiger partial charge < -0.3 is 4.74 Å². The molecular weight excluding hydrogens is 264 g/mol. The number of nitro groups is 1. The molecule has 0 atom stereocenters. The average Bonchev–Trinajstić information content (AvgIpc) is 2.88. The van der Waals surface area contributed by atoms with Crippen LogP contribution >= 0.6 is 0 Å². The van der Waals surface area contributed by atoms with Gasteiger partial charge in [-0.15, -0.1) is 5.10 Å². The third kappa shape index (κ3) is 2.48. The van der Waals surface area contributed by atoms with Gasteiger partial charge in [0.05, 0.1) is 11.5 Å². The van der Waals surface area contributed by atoms with Crippen molar-refractivity contribution in [3.05, 3.63) is 39.6 Å². The molecule has 0 aliphatic heterocycles. The lowest BCUT2D eigenvalue weighted by molar-refractivity contribution is -0.385. The Morgan fingerprint density at radius 3 is 2.85 bits per heavy atom. The van der Waals surface area contributed by atoms with Gasteiger partial charge in [0, 0.05) is 17.2 Å². The zero-order valence-corrected chi connectivity index (χ0v) is 10.9. The number of H-pyrrole nitrogens is 1. The molecule has 0 spiro atoms. The summed E-state index contributed by atoms with van der Waals surface area (Å²) >= 11 is 0. The van der Waals surface area contributed by atoms with Crippen LogP contribution in [0.3, 0.4) is 0 Å². The average molecular weight is 276 g/mol. The van der Waals surface area contributed by atoms with Crippen molar-refractivity contribution < 1.29 is 14.5 Å². The number of aromatic nitrogens is 3. The van der Waals surface area contributed by atoms with Gasteiger partial charge in [0.15, 0.2) is 5.69 Å². The first-order valence-electron chi connectivity index (χ1n) is 5.88. The highest BCUT2D eigenvalue weighted by atomic mass is 16.6. The van der Waals surface area contributed by atoms with Crippen molar-refractivity contribution in [1.82, 2.24) is 15.4 Å². The highest BCUT2D eigenvalue weighted by molar-refractivity contribution is 5.94. The van der Waals surface area contributed by atoms with E-state index in [-0.39, 0.29) is 23.7 Å². The van der Waals surface area contributed by atoms with Crippen molar-refractivity contribution in [1.29, 1.82) is 0 Å². The maximum atomic E-state index is 11.7. The van der Waals surface area contributed by atoms with Crippen molar-refractivity contribution in [2.45, 2.75) is 13.8 Å². The fraction of sp³-hybridized carbons (Fsp3) is 0.250. The number of ether oxygens (including phenoxy) is 1. The fourth-order valence-corrected chi connectivity index (χ4v) is 1.73. The first kappa shape index (κ1) is 13.7. The number of nitrogens with zero attached hydrogens (tertiary/aromatic N) is 3. The number of rotatable bonds is 4. The van der Waals surface area contributed by atoms with Crippen LogP contribution in [0.1, 0.15) is 23.0 Å². The Morgan fingerprint density at radius 1 is 1.45 bits per heavy atom. The van der Waals surface area contributed by atoms with E-state index < -0.39 is 10.9 Å². The summed E-state index contributed by atoms with van der Waals surface area (Å²) in [7, 11) is 0. The standard InChI is InChI=1S/C12H12N4O4/c1-3-20-12(17)11-10(13-15-14-11)8-5-4-7(2)9(6-8)16(18)19/h4-6H,3H2,1-2H3,(H,13,14,15). The van der Waals surface area contributed by atoms with E-state index in [2.05, 4.69) is 15.4 Å². The molecule has 0 saturated carbocycles. The van der Waals surface area contributed by atoms with Gasteiger partial charge in [0.1, 0.15) is 5.69 Å².